The maximum atomic E-state index is 11.3. The van der Waals surface area contributed by atoms with Gasteiger partial charge < -0.3 is 14.6 Å². The Morgan fingerprint density at radius 2 is 2.41 bits per heavy atom. The van der Waals surface area contributed by atoms with Gasteiger partial charge in [-0.05, 0) is 6.42 Å². The molecule has 1 atom stereocenters. The van der Waals surface area contributed by atoms with Crippen LogP contribution in [0.3, 0.4) is 0 Å². The van der Waals surface area contributed by atoms with Crippen LogP contribution < -0.4 is 5.32 Å². The molecule has 1 saturated heterocycles. The van der Waals surface area contributed by atoms with Gasteiger partial charge in [0, 0.05) is 19.6 Å². The van der Waals surface area contributed by atoms with Crippen LogP contribution >= 0.6 is 0 Å². The lowest BCUT2D eigenvalue weighted by Gasteiger charge is -1.99. The van der Waals surface area contributed by atoms with Crippen molar-refractivity contribution >= 4 is 15.9 Å². The first kappa shape index (κ1) is 12.3. The van der Waals surface area contributed by atoms with Crippen molar-refractivity contribution in [2.24, 2.45) is 0 Å². The maximum absolute atomic E-state index is 11.3. The van der Waals surface area contributed by atoms with Gasteiger partial charge in [0.15, 0.2) is 15.7 Å². The molecular formula is C9H15N3O4S. The lowest BCUT2D eigenvalue weighted by Crippen LogP contribution is -2.08. The van der Waals surface area contributed by atoms with E-state index in [1.807, 2.05) is 0 Å². The summed E-state index contributed by atoms with van der Waals surface area (Å²) < 4.78 is 32.5. The average molecular weight is 261 g/mol. The van der Waals surface area contributed by atoms with Crippen LogP contribution in [0.5, 0.6) is 0 Å². The van der Waals surface area contributed by atoms with E-state index in [-0.39, 0.29) is 17.4 Å². The molecule has 1 aliphatic heterocycles. The molecule has 1 aromatic heterocycles. The molecule has 0 saturated carbocycles. The van der Waals surface area contributed by atoms with Crippen LogP contribution in [-0.2, 0) is 14.6 Å². The number of ether oxygens (including phenoxy) is 1. The first-order valence-corrected chi connectivity index (χ1v) is 7.20. The van der Waals surface area contributed by atoms with Crippen LogP contribution in [0.2, 0.25) is 0 Å². The van der Waals surface area contributed by atoms with E-state index in [1.54, 1.807) is 7.11 Å². The SMILES string of the molecule is COCCNc1nc(C2CCS(=O)(=O)C2)no1. The summed E-state index contributed by atoms with van der Waals surface area (Å²) in [4.78, 5) is 4.12. The molecule has 17 heavy (non-hydrogen) atoms. The second-order valence-corrected chi connectivity index (χ2v) is 6.21. The van der Waals surface area contributed by atoms with Crippen LogP contribution in [0.15, 0.2) is 4.52 Å². The molecule has 1 fully saturated rings. The Labute approximate surface area is 99.5 Å². The van der Waals surface area contributed by atoms with Gasteiger partial charge in [-0.25, -0.2) is 8.42 Å². The van der Waals surface area contributed by atoms with E-state index in [0.29, 0.717) is 31.4 Å². The molecule has 0 aliphatic carbocycles. The van der Waals surface area contributed by atoms with Gasteiger partial charge in [-0.15, -0.1) is 0 Å². The van der Waals surface area contributed by atoms with Crippen molar-refractivity contribution in [2.45, 2.75) is 12.3 Å². The molecule has 7 nitrogen and oxygen atoms in total. The molecule has 2 rings (SSSR count). The summed E-state index contributed by atoms with van der Waals surface area (Å²) in [7, 11) is -1.32. The Morgan fingerprint density at radius 1 is 1.59 bits per heavy atom. The van der Waals surface area contributed by atoms with Crippen molar-refractivity contribution < 1.29 is 17.7 Å². The van der Waals surface area contributed by atoms with E-state index in [2.05, 4.69) is 15.5 Å². The zero-order valence-electron chi connectivity index (χ0n) is 9.55. The second kappa shape index (κ2) is 5.01. The van der Waals surface area contributed by atoms with Gasteiger partial charge in [0.2, 0.25) is 0 Å². The highest BCUT2D eigenvalue weighted by Crippen LogP contribution is 2.27. The van der Waals surface area contributed by atoms with Gasteiger partial charge in [0.1, 0.15) is 0 Å². The molecule has 2 heterocycles. The van der Waals surface area contributed by atoms with Crippen LogP contribution in [0, 0.1) is 0 Å². The Balaban J connectivity index is 1.94. The summed E-state index contributed by atoms with van der Waals surface area (Å²) in [6, 6.07) is 0.307. The van der Waals surface area contributed by atoms with Crippen molar-refractivity contribution in [1.29, 1.82) is 0 Å². The minimum Gasteiger partial charge on any atom is -0.383 e. The number of rotatable bonds is 5. The van der Waals surface area contributed by atoms with Crippen molar-refractivity contribution in [1.82, 2.24) is 10.1 Å². The molecule has 1 aliphatic rings. The number of sulfone groups is 1. The largest absolute Gasteiger partial charge is 0.383 e. The predicted molar refractivity (Wildman–Crippen MR) is 60.7 cm³/mol. The maximum Gasteiger partial charge on any atom is 0.321 e. The fourth-order valence-electron chi connectivity index (χ4n) is 1.73. The fraction of sp³-hybridized carbons (Fsp3) is 0.778. The highest BCUT2D eigenvalue weighted by atomic mass is 32.2. The molecule has 8 heteroatoms. The summed E-state index contributed by atoms with van der Waals surface area (Å²) in [5.41, 5.74) is 0. The third kappa shape index (κ3) is 3.16. The van der Waals surface area contributed by atoms with Crippen molar-refractivity contribution in [3.63, 3.8) is 0 Å². The standard InChI is InChI=1S/C9H15N3O4S/c1-15-4-3-10-9-11-8(12-16-9)7-2-5-17(13,14)6-7/h7H,2-6H2,1H3,(H,10,11,12). The van der Waals surface area contributed by atoms with E-state index in [4.69, 9.17) is 9.26 Å². The summed E-state index contributed by atoms with van der Waals surface area (Å²) in [6.45, 7) is 1.11. The molecular weight excluding hydrogens is 246 g/mol. The third-order valence-electron chi connectivity index (χ3n) is 2.62. The van der Waals surface area contributed by atoms with Crippen LogP contribution in [0.1, 0.15) is 18.2 Å². The van der Waals surface area contributed by atoms with Gasteiger partial charge in [-0.2, -0.15) is 4.98 Å². The molecule has 0 radical (unpaired) electrons. The number of anilines is 1. The van der Waals surface area contributed by atoms with E-state index in [1.165, 1.54) is 0 Å². The number of hydrogen-bond acceptors (Lipinski definition) is 7. The number of aromatic nitrogens is 2. The Morgan fingerprint density at radius 3 is 3.06 bits per heavy atom. The second-order valence-electron chi connectivity index (χ2n) is 3.98. The van der Waals surface area contributed by atoms with E-state index >= 15 is 0 Å². The summed E-state index contributed by atoms with van der Waals surface area (Å²) in [6.07, 6.45) is 0.569. The monoisotopic (exact) mass is 261 g/mol. The Hall–Kier alpha value is -1.15. The number of hydrogen-bond donors (Lipinski definition) is 1. The van der Waals surface area contributed by atoms with Gasteiger partial charge >= 0.3 is 6.01 Å². The molecule has 1 N–H and O–H groups in total. The lowest BCUT2D eigenvalue weighted by molar-refractivity contribution is 0.210. The average Bonchev–Trinajstić information content (AvgIpc) is 2.85. The summed E-state index contributed by atoms with van der Waals surface area (Å²) in [5.74, 6) is 0.649. The zero-order chi connectivity index (χ0) is 12.3. The highest BCUT2D eigenvalue weighted by molar-refractivity contribution is 7.91. The highest BCUT2D eigenvalue weighted by Gasteiger charge is 2.32. The smallest absolute Gasteiger partial charge is 0.321 e. The topological polar surface area (TPSA) is 94.3 Å². The van der Waals surface area contributed by atoms with Gasteiger partial charge in [0.25, 0.3) is 0 Å². The minimum atomic E-state index is -2.92. The van der Waals surface area contributed by atoms with Gasteiger partial charge in [-0.1, -0.05) is 5.16 Å². The van der Waals surface area contributed by atoms with Crippen LogP contribution in [0.25, 0.3) is 0 Å². The third-order valence-corrected chi connectivity index (χ3v) is 4.39. The molecule has 0 aromatic carbocycles. The predicted octanol–water partition coefficient (Wildman–Crippen LogP) is 0.0300. The van der Waals surface area contributed by atoms with Gasteiger partial charge in [0.05, 0.1) is 18.1 Å². The minimum absolute atomic E-state index is 0.115. The number of nitrogens with one attached hydrogen (secondary N) is 1. The first-order valence-electron chi connectivity index (χ1n) is 5.37. The number of nitrogens with zero attached hydrogens (tertiary/aromatic N) is 2. The van der Waals surface area contributed by atoms with E-state index in [0.717, 1.165) is 0 Å². The van der Waals surface area contributed by atoms with E-state index in [9.17, 15) is 8.42 Å². The Kier molecular flexibility index (Phi) is 3.63. The van der Waals surface area contributed by atoms with Crippen molar-refractivity contribution in [3.8, 4) is 0 Å². The first-order chi connectivity index (χ1) is 8.11. The fourth-order valence-corrected chi connectivity index (χ4v) is 3.47. The summed E-state index contributed by atoms with van der Waals surface area (Å²) >= 11 is 0. The quantitative estimate of drug-likeness (QED) is 0.747. The normalized spacial score (nSPS) is 22.8. The molecule has 0 amide bonds. The Bertz CT molecular complexity index is 470. The molecule has 96 valence electrons. The van der Waals surface area contributed by atoms with Crippen LogP contribution in [-0.4, -0.2) is 50.3 Å². The van der Waals surface area contributed by atoms with E-state index < -0.39 is 9.84 Å². The van der Waals surface area contributed by atoms with Crippen molar-refractivity contribution in [3.05, 3.63) is 5.82 Å². The molecule has 0 bridgehead atoms. The summed E-state index contributed by atoms with van der Waals surface area (Å²) in [5, 5.41) is 6.68. The molecule has 0 spiro atoms. The van der Waals surface area contributed by atoms with Gasteiger partial charge in [-0.3, -0.25) is 0 Å². The molecule has 1 aromatic rings. The zero-order valence-corrected chi connectivity index (χ0v) is 10.4. The number of methoxy groups -OCH3 is 1. The van der Waals surface area contributed by atoms with Crippen LogP contribution in [0.4, 0.5) is 6.01 Å². The lowest BCUT2D eigenvalue weighted by atomic mass is 10.1. The molecule has 1 unspecified atom stereocenters. The van der Waals surface area contributed by atoms with Crippen molar-refractivity contribution in [2.75, 3.05) is 37.1 Å².